The first-order valence-corrected chi connectivity index (χ1v) is 7.22. The van der Waals surface area contributed by atoms with Crippen LogP contribution in [-0.2, 0) is 9.53 Å². The van der Waals surface area contributed by atoms with Gasteiger partial charge in [0, 0.05) is 26.2 Å². The van der Waals surface area contributed by atoms with Gasteiger partial charge in [-0.15, -0.1) is 0 Å². The average molecular weight is 345 g/mol. The van der Waals surface area contributed by atoms with Crippen molar-refractivity contribution in [2.45, 2.75) is 18.9 Å². The van der Waals surface area contributed by atoms with Crippen LogP contribution in [0.5, 0.6) is 0 Å². The minimum atomic E-state index is -0.225. The van der Waals surface area contributed by atoms with E-state index >= 15 is 0 Å². The molecule has 7 heteroatoms. The summed E-state index contributed by atoms with van der Waals surface area (Å²) >= 11 is 3.16. The Kier molecular flexibility index (Phi) is 5.19. The third-order valence-electron chi connectivity index (χ3n) is 3.25. The van der Waals surface area contributed by atoms with Gasteiger partial charge in [0.25, 0.3) is 5.91 Å². The molecule has 2 amide bonds. The number of likely N-dealkylation sites (tertiary alicyclic amines) is 1. The molecule has 0 aromatic carbocycles. The molecule has 0 unspecified atom stereocenters. The Morgan fingerprint density at radius 1 is 1.45 bits per heavy atom. The fourth-order valence-corrected chi connectivity index (χ4v) is 2.49. The Morgan fingerprint density at radius 3 is 2.70 bits per heavy atom. The van der Waals surface area contributed by atoms with Crippen LogP contribution in [0.25, 0.3) is 0 Å². The zero-order valence-electron chi connectivity index (χ0n) is 11.2. The van der Waals surface area contributed by atoms with Crippen molar-refractivity contribution in [1.29, 1.82) is 0 Å². The lowest BCUT2D eigenvalue weighted by molar-refractivity contribution is -0.136. The lowest BCUT2D eigenvalue weighted by Crippen LogP contribution is -2.47. The van der Waals surface area contributed by atoms with Crippen LogP contribution in [-0.4, -0.2) is 49.6 Å². The van der Waals surface area contributed by atoms with Gasteiger partial charge in [0.2, 0.25) is 5.91 Å². The summed E-state index contributed by atoms with van der Waals surface area (Å²) in [5.74, 6) is 0.0550. The molecular weight excluding hydrogens is 328 g/mol. The molecule has 1 aliphatic rings. The van der Waals surface area contributed by atoms with Gasteiger partial charge in [0.1, 0.15) is 6.61 Å². The summed E-state index contributed by atoms with van der Waals surface area (Å²) in [4.78, 5) is 25.3. The topological polar surface area (TPSA) is 71.8 Å². The largest absolute Gasteiger partial charge is 0.444 e. The summed E-state index contributed by atoms with van der Waals surface area (Å²) in [6.45, 7) is 1.38. The Labute approximate surface area is 125 Å². The Bertz CT molecular complexity index is 480. The Hall–Kier alpha value is -1.34. The van der Waals surface area contributed by atoms with Crippen LogP contribution in [0.2, 0.25) is 0 Å². The molecule has 0 saturated carbocycles. The van der Waals surface area contributed by atoms with E-state index in [1.807, 2.05) is 0 Å². The molecule has 1 aromatic rings. The third kappa shape index (κ3) is 3.83. The molecule has 0 radical (unpaired) electrons. The molecule has 0 atom stereocenters. The number of nitrogens with one attached hydrogen (secondary N) is 1. The van der Waals surface area contributed by atoms with Crippen molar-refractivity contribution in [3.63, 3.8) is 0 Å². The maximum absolute atomic E-state index is 11.9. The van der Waals surface area contributed by atoms with Gasteiger partial charge in [-0.3, -0.25) is 9.59 Å². The summed E-state index contributed by atoms with van der Waals surface area (Å²) in [6.07, 6.45) is 1.48. The number of nitrogens with zero attached hydrogens (tertiary/aromatic N) is 1. The number of halogens is 1. The number of piperidine rings is 1. The van der Waals surface area contributed by atoms with E-state index < -0.39 is 0 Å². The number of amides is 2. The molecule has 0 spiro atoms. The van der Waals surface area contributed by atoms with Gasteiger partial charge in [0.05, 0.1) is 0 Å². The molecule has 1 saturated heterocycles. The van der Waals surface area contributed by atoms with E-state index in [1.165, 1.54) is 7.11 Å². The predicted octanol–water partition coefficient (Wildman–Crippen LogP) is 1.41. The smallest absolute Gasteiger partial charge is 0.287 e. The van der Waals surface area contributed by atoms with E-state index in [4.69, 9.17) is 9.15 Å². The Morgan fingerprint density at radius 2 is 2.15 bits per heavy atom. The minimum absolute atomic E-state index is 0.00718. The number of furan rings is 1. The minimum Gasteiger partial charge on any atom is -0.444 e. The molecule has 1 N–H and O–H groups in total. The van der Waals surface area contributed by atoms with E-state index in [2.05, 4.69) is 21.2 Å². The maximum atomic E-state index is 11.9. The van der Waals surface area contributed by atoms with Crippen molar-refractivity contribution in [2.75, 3.05) is 26.8 Å². The number of hydrogen-bond acceptors (Lipinski definition) is 4. The highest BCUT2D eigenvalue weighted by Gasteiger charge is 2.24. The highest BCUT2D eigenvalue weighted by Crippen LogP contribution is 2.15. The molecular formula is C13H17BrN2O4. The Balaban J connectivity index is 1.80. The number of carbonyl (C=O) groups excluding carboxylic acids is 2. The maximum Gasteiger partial charge on any atom is 0.287 e. The van der Waals surface area contributed by atoms with Crippen molar-refractivity contribution in [2.24, 2.45) is 0 Å². The lowest BCUT2D eigenvalue weighted by atomic mass is 10.0. The van der Waals surface area contributed by atoms with Crippen LogP contribution >= 0.6 is 15.9 Å². The van der Waals surface area contributed by atoms with Crippen LogP contribution in [0.3, 0.4) is 0 Å². The first-order valence-electron chi connectivity index (χ1n) is 6.43. The number of carbonyl (C=O) groups is 2. The summed E-state index contributed by atoms with van der Waals surface area (Å²) in [6, 6.07) is 3.37. The third-order valence-corrected chi connectivity index (χ3v) is 3.67. The van der Waals surface area contributed by atoms with Crippen LogP contribution in [0.15, 0.2) is 21.2 Å². The highest BCUT2D eigenvalue weighted by molar-refractivity contribution is 9.10. The first kappa shape index (κ1) is 15.1. The summed E-state index contributed by atoms with van der Waals surface area (Å²) in [5.41, 5.74) is 0. The second kappa shape index (κ2) is 6.90. The fourth-order valence-electron chi connectivity index (χ4n) is 2.18. The second-order valence-electron chi connectivity index (χ2n) is 4.67. The van der Waals surface area contributed by atoms with Gasteiger partial charge >= 0.3 is 0 Å². The second-order valence-corrected chi connectivity index (χ2v) is 5.45. The molecule has 0 bridgehead atoms. The predicted molar refractivity (Wildman–Crippen MR) is 75.4 cm³/mol. The SMILES string of the molecule is COCC(=O)N1CCC(NC(=O)c2ccc(Br)o2)CC1. The van der Waals surface area contributed by atoms with Crippen LogP contribution < -0.4 is 5.32 Å². The fraction of sp³-hybridized carbons (Fsp3) is 0.538. The average Bonchev–Trinajstić information content (AvgIpc) is 2.86. The highest BCUT2D eigenvalue weighted by atomic mass is 79.9. The lowest BCUT2D eigenvalue weighted by Gasteiger charge is -2.32. The summed E-state index contributed by atoms with van der Waals surface area (Å²) in [5, 5.41) is 2.92. The van der Waals surface area contributed by atoms with Crippen molar-refractivity contribution in [1.82, 2.24) is 10.2 Å². The normalized spacial score (nSPS) is 16.2. The standard InChI is InChI=1S/C13H17BrN2O4/c1-19-8-12(17)16-6-4-9(5-7-16)15-13(18)10-2-3-11(14)20-10/h2-3,9H,4-8H2,1H3,(H,15,18). The van der Waals surface area contributed by atoms with E-state index in [0.29, 0.717) is 17.8 Å². The van der Waals surface area contributed by atoms with Gasteiger partial charge < -0.3 is 19.4 Å². The molecule has 1 aliphatic heterocycles. The van der Waals surface area contributed by atoms with E-state index in [9.17, 15) is 9.59 Å². The molecule has 1 fully saturated rings. The number of ether oxygens (including phenoxy) is 1. The summed E-state index contributed by atoms with van der Waals surface area (Å²) < 4.78 is 10.6. The molecule has 0 aliphatic carbocycles. The van der Waals surface area contributed by atoms with Crippen molar-refractivity contribution < 1.29 is 18.7 Å². The van der Waals surface area contributed by atoms with Gasteiger partial charge in [0.15, 0.2) is 10.4 Å². The molecule has 2 rings (SSSR count). The zero-order valence-corrected chi connectivity index (χ0v) is 12.8. The van der Waals surface area contributed by atoms with Crippen LogP contribution in [0, 0.1) is 0 Å². The molecule has 1 aromatic heterocycles. The first-order chi connectivity index (χ1) is 9.60. The van der Waals surface area contributed by atoms with Crippen molar-refractivity contribution in [3.8, 4) is 0 Å². The summed E-state index contributed by atoms with van der Waals surface area (Å²) in [7, 11) is 1.51. The van der Waals surface area contributed by atoms with Gasteiger partial charge in [-0.25, -0.2) is 0 Å². The number of hydrogen-bond donors (Lipinski definition) is 1. The van der Waals surface area contributed by atoms with Crippen LogP contribution in [0.4, 0.5) is 0 Å². The van der Waals surface area contributed by atoms with E-state index in [0.717, 1.165) is 12.8 Å². The molecule has 110 valence electrons. The van der Waals surface area contributed by atoms with E-state index in [-0.39, 0.29) is 30.2 Å². The van der Waals surface area contributed by atoms with E-state index in [1.54, 1.807) is 17.0 Å². The van der Waals surface area contributed by atoms with Gasteiger partial charge in [-0.2, -0.15) is 0 Å². The van der Waals surface area contributed by atoms with Gasteiger partial charge in [-0.1, -0.05) is 0 Å². The zero-order chi connectivity index (χ0) is 14.5. The van der Waals surface area contributed by atoms with Gasteiger partial charge in [-0.05, 0) is 40.9 Å². The van der Waals surface area contributed by atoms with Crippen LogP contribution in [0.1, 0.15) is 23.4 Å². The molecule has 2 heterocycles. The van der Waals surface area contributed by atoms with Crippen molar-refractivity contribution >= 4 is 27.7 Å². The number of rotatable bonds is 4. The molecule has 20 heavy (non-hydrogen) atoms. The van der Waals surface area contributed by atoms with Crippen molar-refractivity contribution in [3.05, 3.63) is 22.6 Å². The molecule has 6 nitrogen and oxygen atoms in total. The number of methoxy groups -OCH3 is 1. The monoisotopic (exact) mass is 344 g/mol. The quantitative estimate of drug-likeness (QED) is 0.896.